The number of benzene rings is 1. The fourth-order valence-corrected chi connectivity index (χ4v) is 5.95. The Morgan fingerprint density at radius 3 is 2.74 bits per heavy atom. The Bertz CT molecular complexity index is 1460. The molecule has 0 amide bonds. The summed E-state index contributed by atoms with van der Waals surface area (Å²) in [6.45, 7) is 0.726. The number of aliphatic hydroxyl groups excluding tert-OH is 1. The maximum absolute atomic E-state index is 16.1. The van der Waals surface area contributed by atoms with Gasteiger partial charge < -0.3 is 30.2 Å². The van der Waals surface area contributed by atoms with Crippen LogP contribution in [0, 0.1) is 0 Å². The van der Waals surface area contributed by atoms with E-state index in [4.69, 9.17) is 24.3 Å². The minimum Gasteiger partial charge on any atom is -0.465 e. The van der Waals surface area contributed by atoms with Crippen LogP contribution in [0.3, 0.4) is 0 Å². The van der Waals surface area contributed by atoms with Crippen LogP contribution in [0.4, 0.5) is 20.5 Å². The number of halogens is 2. The third-order valence-electron chi connectivity index (χ3n) is 6.74. The van der Waals surface area contributed by atoms with Crippen molar-refractivity contribution < 1.29 is 41.8 Å². The number of carbonyl (C=O) groups excluding carboxylic acids is 1. The van der Waals surface area contributed by atoms with Crippen molar-refractivity contribution in [2.75, 3.05) is 30.9 Å². The first kappa shape index (κ1) is 30.0. The number of nitrogens with two attached hydrogens (primary N) is 1. The third-order valence-corrected chi connectivity index (χ3v) is 8.39. The van der Waals surface area contributed by atoms with Gasteiger partial charge in [-0.1, -0.05) is 18.2 Å². The SMILES string of the molecule is CCOC(=O)[C@@H](C)N[P@@](=O)(OC[C@H]1O[C@@H](n2cnc3c(NC4CC4)nc(N)nc32)[C@@](F)(CF)[C@@H]1O)Oc1ccccc1. The molecule has 17 heteroatoms. The number of hydrogen-bond donors (Lipinski definition) is 4. The number of nitrogens with one attached hydrogen (secondary N) is 2. The van der Waals surface area contributed by atoms with Gasteiger partial charge in [0.1, 0.15) is 30.7 Å². The summed E-state index contributed by atoms with van der Waals surface area (Å²) in [6.07, 6.45) is -2.28. The number of imidazole rings is 1. The number of carbonyl (C=O) groups is 1. The molecule has 6 atom stereocenters. The number of hydrogen-bond acceptors (Lipinski definition) is 12. The number of para-hydroxylation sites is 1. The molecule has 1 saturated carbocycles. The fourth-order valence-electron chi connectivity index (χ4n) is 4.45. The zero-order chi connectivity index (χ0) is 30.1. The number of nitrogens with zero attached hydrogens (tertiary/aromatic N) is 4. The highest BCUT2D eigenvalue weighted by Crippen LogP contribution is 2.48. The number of nitrogen functional groups attached to an aromatic ring is 1. The van der Waals surface area contributed by atoms with Crippen LogP contribution < -0.4 is 20.7 Å². The van der Waals surface area contributed by atoms with Crippen LogP contribution in [0.1, 0.15) is 32.9 Å². The maximum atomic E-state index is 16.1. The Hall–Kier alpha value is -3.43. The van der Waals surface area contributed by atoms with E-state index in [2.05, 4.69) is 25.4 Å². The first-order valence-corrected chi connectivity index (χ1v) is 14.9. The Morgan fingerprint density at radius 1 is 1.33 bits per heavy atom. The van der Waals surface area contributed by atoms with Crippen LogP contribution >= 0.6 is 7.75 Å². The van der Waals surface area contributed by atoms with Crippen LogP contribution in [-0.4, -0.2) is 80.4 Å². The molecule has 5 rings (SSSR count). The van der Waals surface area contributed by atoms with Gasteiger partial charge in [-0.15, -0.1) is 0 Å². The molecule has 2 aromatic heterocycles. The lowest BCUT2D eigenvalue weighted by atomic mass is 9.97. The second-order valence-electron chi connectivity index (χ2n) is 10.0. The maximum Gasteiger partial charge on any atom is 0.459 e. The lowest BCUT2D eigenvalue weighted by Crippen LogP contribution is -2.45. The molecule has 14 nitrogen and oxygen atoms in total. The molecule has 0 spiro atoms. The van der Waals surface area contributed by atoms with Crippen molar-refractivity contribution in [3.05, 3.63) is 36.7 Å². The normalized spacial score (nSPS) is 26.1. The highest BCUT2D eigenvalue weighted by molar-refractivity contribution is 7.52. The number of anilines is 2. The minimum atomic E-state index is -4.37. The average Bonchev–Trinajstić information content (AvgIpc) is 3.62. The molecular weight excluding hydrogens is 579 g/mol. The van der Waals surface area contributed by atoms with Crippen LogP contribution in [0.25, 0.3) is 11.2 Å². The minimum absolute atomic E-state index is 0.0582. The third kappa shape index (κ3) is 6.17. The summed E-state index contributed by atoms with van der Waals surface area (Å²) in [6, 6.07) is 7.02. The summed E-state index contributed by atoms with van der Waals surface area (Å²) >= 11 is 0. The van der Waals surface area contributed by atoms with E-state index in [1.165, 1.54) is 25.4 Å². The van der Waals surface area contributed by atoms with Gasteiger partial charge >= 0.3 is 13.7 Å². The van der Waals surface area contributed by atoms with Gasteiger partial charge in [-0.2, -0.15) is 15.1 Å². The Kier molecular flexibility index (Phi) is 8.62. The van der Waals surface area contributed by atoms with Gasteiger partial charge in [0.05, 0.1) is 19.5 Å². The van der Waals surface area contributed by atoms with Crippen LogP contribution in [0.2, 0.25) is 0 Å². The largest absolute Gasteiger partial charge is 0.465 e. The van der Waals surface area contributed by atoms with Gasteiger partial charge in [0.25, 0.3) is 0 Å². The highest BCUT2D eigenvalue weighted by atomic mass is 31.2. The van der Waals surface area contributed by atoms with Crippen molar-refractivity contribution in [1.29, 1.82) is 0 Å². The van der Waals surface area contributed by atoms with E-state index in [1.807, 2.05) is 0 Å². The van der Waals surface area contributed by atoms with Gasteiger partial charge in [0.15, 0.2) is 23.2 Å². The predicted molar refractivity (Wildman–Crippen MR) is 146 cm³/mol. The predicted octanol–water partition coefficient (Wildman–Crippen LogP) is 2.66. The summed E-state index contributed by atoms with van der Waals surface area (Å²) in [5, 5.41) is 16.5. The monoisotopic (exact) mass is 611 g/mol. The summed E-state index contributed by atoms with van der Waals surface area (Å²) in [7, 11) is -4.37. The molecule has 42 heavy (non-hydrogen) atoms. The summed E-state index contributed by atoms with van der Waals surface area (Å²) in [5.74, 6) is -0.380. The fraction of sp³-hybridized carbons (Fsp3) is 0.520. The van der Waals surface area contributed by atoms with E-state index in [9.17, 15) is 18.9 Å². The van der Waals surface area contributed by atoms with E-state index in [-0.39, 0.29) is 35.5 Å². The van der Waals surface area contributed by atoms with Crippen LogP contribution in [0.5, 0.6) is 5.75 Å². The van der Waals surface area contributed by atoms with Gasteiger partial charge in [0, 0.05) is 6.04 Å². The Morgan fingerprint density at radius 2 is 2.07 bits per heavy atom. The summed E-state index contributed by atoms with van der Waals surface area (Å²) in [5.41, 5.74) is 3.22. The molecule has 5 N–H and O–H groups in total. The van der Waals surface area contributed by atoms with Gasteiger partial charge in [0.2, 0.25) is 11.6 Å². The van der Waals surface area contributed by atoms with E-state index in [0.717, 1.165) is 17.4 Å². The number of esters is 1. The van der Waals surface area contributed by atoms with Crippen molar-refractivity contribution in [1.82, 2.24) is 24.6 Å². The topological polar surface area (TPSA) is 185 Å². The molecule has 2 fully saturated rings. The van der Waals surface area contributed by atoms with Gasteiger partial charge in [-0.25, -0.2) is 18.3 Å². The Labute approximate surface area is 239 Å². The summed E-state index contributed by atoms with van der Waals surface area (Å²) < 4.78 is 67.0. The van der Waals surface area contributed by atoms with Crippen LogP contribution in [-0.2, 0) is 23.4 Å². The van der Waals surface area contributed by atoms with Crippen molar-refractivity contribution in [2.24, 2.45) is 0 Å². The van der Waals surface area contributed by atoms with Gasteiger partial charge in [-0.05, 0) is 38.8 Å². The van der Waals surface area contributed by atoms with Gasteiger partial charge in [-0.3, -0.25) is 13.9 Å². The number of aliphatic hydroxyl groups is 1. The molecule has 228 valence electrons. The molecule has 3 heterocycles. The molecule has 3 aromatic rings. The number of fused-ring (bicyclic) bond motifs is 1. The first-order chi connectivity index (χ1) is 20.1. The molecule has 1 saturated heterocycles. The van der Waals surface area contributed by atoms with Crippen molar-refractivity contribution in [3.8, 4) is 5.75 Å². The number of ether oxygens (including phenoxy) is 2. The van der Waals surface area contributed by atoms with Crippen LogP contribution in [0.15, 0.2) is 36.7 Å². The lowest BCUT2D eigenvalue weighted by molar-refractivity contribution is -0.144. The molecule has 0 bridgehead atoms. The second-order valence-corrected chi connectivity index (χ2v) is 11.7. The van der Waals surface area contributed by atoms with E-state index >= 15 is 4.39 Å². The zero-order valence-electron chi connectivity index (χ0n) is 22.9. The zero-order valence-corrected chi connectivity index (χ0v) is 23.7. The molecule has 0 unspecified atom stereocenters. The molecule has 2 aliphatic rings. The molecular formula is C25H32F2N7O7P. The standard InChI is InChI=1S/C25H32F2N7O7P/c1-3-38-22(36)14(2)33-42(37,41-16-7-5-4-6-8-16)39-11-17-19(35)25(27,12-26)23(40-17)34-13-29-18-20(30-15-9-10-15)31-24(28)32-21(18)34/h4-8,13-15,17,19,23,35H,3,9-12H2,1-2H3,(H,33,37)(H3,28,30,31,32)/t14-,17-,19-,23-,25-,42-/m1/s1. The molecule has 1 aliphatic carbocycles. The van der Waals surface area contributed by atoms with Crippen molar-refractivity contribution in [3.63, 3.8) is 0 Å². The summed E-state index contributed by atoms with van der Waals surface area (Å²) in [4.78, 5) is 24.8. The van der Waals surface area contributed by atoms with E-state index in [1.54, 1.807) is 25.1 Å². The number of alkyl halides is 2. The Balaban J connectivity index is 1.39. The average molecular weight is 612 g/mol. The number of rotatable bonds is 13. The van der Waals surface area contributed by atoms with E-state index in [0.29, 0.717) is 5.82 Å². The second kappa shape index (κ2) is 12.1. The quantitative estimate of drug-likeness (QED) is 0.163. The molecule has 1 aromatic carbocycles. The van der Waals surface area contributed by atoms with Crippen molar-refractivity contribution >= 4 is 36.6 Å². The molecule has 0 radical (unpaired) electrons. The lowest BCUT2D eigenvalue weighted by Gasteiger charge is -2.26. The highest BCUT2D eigenvalue weighted by Gasteiger charge is 2.59. The first-order valence-electron chi connectivity index (χ1n) is 13.4. The number of aromatic nitrogens is 4. The smallest absolute Gasteiger partial charge is 0.459 e. The molecule has 1 aliphatic heterocycles. The van der Waals surface area contributed by atoms with E-state index < -0.39 is 57.1 Å². The van der Waals surface area contributed by atoms with Crippen molar-refractivity contribution in [2.45, 2.75) is 62.9 Å².